The Bertz CT molecular complexity index is 678. The number of benzene rings is 1. The number of carbonyl (C=O) groups is 1. The predicted molar refractivity (Wildman–Crippen MR) is 71.2 cm³/mol. The highest BCUT2D eigenvalue weighted by atomic mass is 32.2. The van der Waals surface area contributed by atoms with E-state index in [4.69, 9.17) is 0 Å². The zero-order valence-corrected chi connectivity index (χ0v) is 11.6. The van der Waals surface area contributed by atoms with Crippen LogP contribution in [0.4, 0.5) is 0 Å². The molecule has 19 heavy (non-hydrogen) atoms. The topological polar surface area (TPSA) is 72.5 Å². The molecule has 2 aromatic rings. The molecule has 0 bridgehead atoms. The molecule has 1 heterocycles. The second kappa shape index (κ2) is 5.52. The van der Waals surface area contributed by atoms with Crippen LogP contribution >= 0.6 is 11.3 Å². The zero-order valence-electron chi connectivity index (χ0n) is 9.99. The van der Waals surface area contributed by atoms with Gasteiger partial charge in [0, 0.05) is 0 Å². The smallest absolute Gasteiger partial charge is 0.350 e. The minimum Gasteiger partial charge on any atom is -0.350 e. The van der Waals surface area contributed by atoms with Gasteiger partial charge < -0.3 is 4.84 Å². The van der Waals surface area contributed by atoms with Gasteiger partial charge in [0.25, 0.3) is 10.0 Å². The molecule has 1 N–H and O–H groups in total. The number of aryl methyl sites for hydroxylation is 1. The zero-order chi connectivity index (χ0) is 13.9. The third-order valence-corrected chi connectivity index (χ3v) is 4.54. The van der Waals surface area contributed by atoms with Crippen LogP contribution in [0.2, 0.25) is 0 Å². The molecule has 0 aliphatic heterocycles. The standard InChI is InChI=1S/C12H11NO4S2/c1-9-5-2-3-7-11(9)19(15,16)13-17-12(14)10-6-4-8-18-10/h2-8,13H,1H3. The number of hydrogen-bond donors (Lipinski definition) is 1. The van der Waals surface area contributed by atoms with E-state index in [1.807, 2.05) is 4.89 Å². The fourth-order valence-corrected chi connectivity index (χ4v) is 3.06. The maximum absolute atomic E-state index is 11.9. The average Bonchev–Trinajstić information content (AvgIpc) is 2.90. The van der Waals surface area contributed by atoms with Crippen LogP contribution in [0.5, 0.6) is 0 Å². The molecule has 0 spiro atoms. The highest BCUT2D eigenvalue weighted by Gasteiger charge is 2.19. The Morgan fingerprint density at radius 3 is 2.58 bits per heavy atom. The summed E-state index contributed by atoms with van der Waals surface area (Å²) < 4.78 is 23.9. The summed E-state index contributed by atoms with van der Waals surface area (Å²) in [5.41, 5.74) is 0.571. The van der Waals surface area contributed by atoms with Gasteiger partial charge in [-0.3, -0.25) is 0 Å². The van der Waals surface area contributed by atoms with Gasteiger partial charge in [0.1, 0.15) is 4.88 Å². The Hall–Kier alpha value is -1.70. The average molecular weight is 297 g/mol. The molecule has 7 heteroatoms. The quantitative estimate of drug-likeness (QED) is 0.877. The molecule has 0 unspecified atom stereocenters. The van der Waals surface area contributed by atoms with Crippen molar-refractivity contribution in [2.24, 2.45) is 0 Å². The fraction of sp³-hybridized carbons (Fsp3) is 0.0833. The maximum atomic E-state index is 11.9. The first-order chi connectivity index (χ1) is 9.00. The molecule has 0 atom stereocenters. The van der Waals surface area contributed by atoms with Crippen LogP contribution in [0.15, 0.2) is 46.7 Å². The summed E-state index contributed by atoms with van der Waals surface area (Å²) in [4.78, 5) is 18.4. The van der Waals surface area contributed by atoms with Crippen LogP contribution in [-0.2, 0) is 14.9 Å². The van der Waals surface area contributed by atoms with Crippen LogP contribution in [0, 0.1) is 6.92 Å². The van der Waals surface area contributed by atoms with Gasteiger partial charge >= 0.3 is 5.97 Å². The summed E-state index contributed by atoms with van der Waals surface area (Å²) in [5, 5.41) is 1.70. The highest BCUT2D eigenvalue weighted by molar-refractivity contribution is 7.89. The van der Waals surface area contributed by atoms with E-state index in [0.29, 0.717) is 10.4 Å². The van der Waals surface area contributed by atoms with Crippen molar-refractivity contribution < 1.29 is 18.0 Å². The summed E-state index contributed by atoms with van der Waals surface area (Å²) >= 11 is 1.17. The molecule has 0 saturated carbocycles. The number of carbonyl (C=O) groups excluding carboxylic acids is 1. The number of hydrogen-bond acceptors (Lipinski definition) is 5. The van der Waals surface area contributed by atoms with Crippen LogP contribution in [-0.4, -0.2) is 14.4 Å². The minimum absolute atomic E-state index is 0.0778. The van der Waals surface area contributed by atoms with E-state index >= 15 is 0 Å². The van der Waals surface area contributed by atoms with Gasteiger partial charge in [-0.15, -0.1) is 11.3 Å². The molecule has 0 fully saturated rings. The molecule has 100 valence electrons. The lowest BCUT2D eigenvalue weighted by Gasteiger charge is -2.08. The van der Waals surface area contributed by atoms with Crippen LogP contribution in [0.3, 0.4) is 0 Å². The molecule has 2 rings (SSSR count). The van der Waals surface area contributed by atoms with E-state index < -0.39 is 16.0 Å². The Kier molecular flexibility index (Phi) is 3.98. The van der Waals surface area contributed by atoms with E-state index in [9.17, 15) is 13.2 Å². The normalized spacial score (nSPS) is 11.2. The fourth-order valence-electron chi connectivity index (χ4n) is 1.44. The molecule has 1 aromatic heterocycles. The molecule has 0 aliphatic rings. The van der Waals surface area contributed by atoms with Crippen LogP contribution < -0.4 is 4.89 Å². The van der Waals surface area contributed by atoms with Gasteiger partial charge in [0.2, 0.25) is 0 Å². The van der Waals surface area contributed by atoms with E-state index in [0.717, 1.165) is 0 Å². The highest BCUT2D eigenvalue weighted by Crippen LogP contribution is 2.14. The summed E-state index contributed by atoms with van der Waals surface area (Å²) in [6, 6.07) is 9.66. The molecule has 0 aliphatic carbocycles. The van der Waals surface area contributed by atoms with Crippen molar-refractivity contribution in [1.29, 1.82) is 0 Å². The predicted octanol–water partition coefficient (Wildman–Crippen LogP) is 2.11. The summed E-state index contributed by atoms with van der Waals surface area (Å²) in [6.45, 7) is 1.66. The number of sulfonamides is 1. The van der Waals surface area contributed by atoms with Crippen molar-refractivity contribution in [2.45, 2.75) is 11.8 Å². The van der Waals surface area contributed by atoms with Crippen LogP contribution in [0.1, 0.15) is 15.2 Å². The van der Waals surface area contributed by atoms with Gasteiger partial charge in [-0.05, 0) is 34.9 Å². The van der Waals surface area contributed by atoms with Crippen molar-refractivity contribution in [1.82, 2.24) is 4.89 Å². The number of thiophene rings is 1. The molecule has 0 radical (unpaired) electrons. The van der Waals surface area contributed by atoms with Crippen molar-refractivity contribution in [3.63, 3.8) is 0 Å². The van der Waals surface area contributed by atoms with Gasteiger partial charge in [-0.2, -0.15) is 0 Å². The first kappa shape index (κ1) is 13.7. The first-order valence-electron chi connectivity index (χ1n) is 5.33. The largest absolute Gasteiger partial charge is 0.367 e. The van der Waals surface area contributed by atoms with E-state index in [1.165, 1.54) is 17.4 Å². The van der Waals surface area contributed by atoms with Crippen LogP contribution in [0.25, 0.3) is 0 Å². The van der Waals surface area contributed by atoms with E-state index in [-0.39, 0.29) is 4.90 Å². The minimum atomic E-state index is -3.87. The molecule has 1 aromatic carbocycles. The molecule has 0 saturated heterocycles. The lowest BCUT2D eigenvalue weighted by atomic mass is 10.2. The van der Waals surface area contributed by atoms with Gasteiger partial charge in [0.15, 0.2) is 0 Å². The summed E-state index contributed by atoms with van der Waals surface area (Å²) in [7, 11) is -3.87. The van der Waals surface area contributed by atoms with Crippen molar-refractivity contribution in [3.05, 3.63) is 52.2 Å². The second-order valence-corrected chi connectivity index (χ2v) is 6.28. The van der Waals surface area contributed by atoms with Crippen molar-refractivity contribution in [3.8, 4) is 0 Å². The van der Waals surface area contributed by atoms with Crippen molar-refractivity contribution >= 4 is 27.3 Å². The molecular formula is C12H11NO4S2. The van der Waals surface area contributed by atoms with Gasteiger partial charge in [-0.25, -0.2) is 13.2 Å². The third kappa shape index (κ3) is 3.19. The number of nitrogens with one attached hydrogen (secondary N) is 1. The molecular weight excluding hydrogens is 286 g/mol. The molecule has 0 amide bonds. The number of rotatable bonds is 4. The monoisotopic (exact) mass is 297 g/mol. The Balaban J connectivity index is 2.11. The first-order valence-corrected chi connectivity index (χ1v) is 7.69. The van der Waals surface area contributed by atoms with E-state index in [2.05, 4.69) is 4.84 Å². The van der Waals surface area contributed by atoms with Crippen molar-refractivity contribution in [2.75, 3.05) is 0 Å². The maximum Gasteiger partial charge on any atom is 0.367 e. The Morgan fingerprint density at radius 2 is 1.95 bits per heavy atom. The SMILES string of the molecule is Cc1ccccc1S(=O)(=O)NOC(=O)c1cccs1. The Morgan fingerprint density at radius 1 is 1.21 bits per heavy atom. The Labute approximate surface area is 114 Å². The molecule has 5 nitrogen and oxygen atoms in total. The van der Waals surface area contributed by atoms with Gasteiger partial charge in [0.05, 0.1) is 4.90 Å². The van der Waals surface area contributed by atoms with Gasteiger partial charge in [-0.1, -0.05) is 24.3 Å². The van der Waals surface area contributed by atoms with E-state index in [1.54, 1.807) is 42.6 Å². The third-order valence-electron chi connectivity index (χ3n) is 2.35. The summed E-state index contributed by atoms with van der Waals surface area (Å²) in [5.74, 6) is -0.729. The lowest BCUT2D eigenvalue weighted by molar-refractivity contribution is 0.0413. The second-order valence-electron chi connectivity index (χ2n) is 3.72. The summed E-state index contributed by atoms with van der Waals surface area (Å²) in [6.07, 6.45) is 0. The lowest BCUT2D eigenvalue weighted by Crippen LogP contribution is -2.27.